The largest absolute Gasteiger partial charge is 0.299 e. The van der Waals surface area contributed by atoms with Crippen molar-refractivity contribution >= 4 is 11.6 Å². The van der Waals surface area contributed by atoms with Gasteiger partial charge in [0.25, 0.3) is 5.56 Å². The van der Waals surface area contributed by atoms with E-state index in [9.17, 15) is 4.79 Å². The number of halogens is 1. The smallest absolute Gasteiger partial charge is 0.254 e. The van der Waals surface area contributed by atoms with Crippen LogP contribution < -0.4 is 5.56 Å². The lowest BCUT2D eigenvalue weighted by Gasteiger charge is -2.14. The van der Waals surface area contributed by atoms with E-state index in [0.29, 0.717) is 6.54 Å². The summed E-state index contributed by atoms with van der Waals surface area (Å²) in [5.74, 6) is 0. The summed E-state index contributed by atoms with van der Waals surface area (Å²) in [7, 11) is 0. The molecule has 0 amide bonds. The van der Waals surface area contributed by atoms with E-state index in [1.165, 1.54) is 17.0 Å². The molecular weight excluding hydrogens is 238 g/mol. The fourth-order valence-electron chi connectivity index (χ4n) is 1.48. The van der Waals surface area contributed by atoms with Crippen molar-refractivity contribution in [2.45, 2.75) is 39.7 Å². The van der Waals surface area contributed by atoms with Crippen molar-refractivity contribution in [3.05, 3.63) is 27.9 Å². The Kier molecular flexibility index (Phi) is 4.71. The van der Waals surface area contributed by atoms with Crippen LogP contribution in [-0.4, -0.2) is 9.55 Å². The highest BCUT2D eigenvalue weighted by Gasteiger charge is 2.15. The highest BCUT2D eigenvalue weighted by molar-refractivity contribution is 6.29. The van der Waals surface area contributed by atoms with Crippen LogP contribution in [0.5, 0.6) is 0 Å². The first kappa shape index (κ1) is 13.7. The number of aromatic nitrogens is 2. The minimum Gasteiger partial charge on any atom is -0.299 e. The van der Waals surface area contributed by atoms with Gasteiger partial charge >= 0.3 is 0 Å². The number of hydrogen-bond donors (Lipinski definition) is 0. The third kappa shape index (κ3) is 4.58. The molecule has 4 nitrogen and oxygen atoms in total. The predicted molar refractivity (Wildman–Crippen MR) is 66.8 cm³/mol. The quantitative estimate of drug-likeness (QED) is 0.599. The molecule has 1 rings (SSSR count). The van der Waals surface area contributed by atoms with Crippen molar-refractivity contribution in [1.82, 2.24) is 9.55 Å². The van der Waals surface area contributed by atoms with E-state index in [1.807, 2.05) is 13.8 Å². The molecule has 0 aromatic carbocycles. The number of nitrogens with zero attached hydrogens (tertiary/aromatic N) is 3. The van der Waals surface area contributed by atoms with Gasteiger partial charge in [0.05, 0.1) is 17.8 Å². The molecule has 0 atom stereocenters. The Morgan fingerprint density at radius 3 is 2.82 bits per heavy atom. The Hall–Kier alpha value is -1.34. The third-order valence-corrected chi connectivity index (χ3v) is 2.81. The van der Waals surface area contributed by atoms with Gasteiger partial charge < -0.3 is 0 Å². The van der Waals surface area contributed by atoms with Gasteiger partial charge in [-0.1, -0.05) is 18.0 Å². The maximum atomic E-state index is 11.5. The maximum absolute atomic E-state index is 11.5. The molecule has 0 saturated heterocycles. The molecule has 5 heteroatoms. The zero-order chi connectivity index (χ0) is 12.9. The number of aryl methyl sites for hydroxylation is 1. The molecule has 92 valence electrons. The highest BCUT2D eigenvalue weighted by Crippen LogP contribution is 2.21. The molecule has 0 aliphatic carbocycles. The van der Waals surface area contributed by atoms with Crippen LogP contribution in [0.15, 0.2) is 17.2 Å². The second-order valence-corrected chi connectivity index (χ2v) is 5.08. The van der Waals surface area contributed by atoms with Crippen LogP contribution in [0.3, 0.4) is 0 Å². The van der Waals surface area contributed by atoms with Crippen LogP contribution >= 0.6 is 11.6 Å². The van der Waals surface area contributed by atoms with E-state index in [1.54, 1.807) is 0 Å². The zero-order valence-corrected chi connectivity index (χ0v) is 10.9. The first-order valence-corrected chi connectivity index (χ1v) is 5.96. The van der Waals surface area contributed by atoms with E-state index in [4.69, 9.17) is 16.9 Å². The van der Waals surface area contributed by atoms with Crippen LogP contribution in [0.2, 0.25) is 5.15 Å². The Bertz CT molecular complexity index is 473. The fraction of sp³-hybridized carbons (Fsp3) is 0.583. The molecule has 0 N–H and O–H groups in total. The van der Waals surface area contributed by atoms with Crippen molar-refractivity contribution in [3.8, 4) is 6.07 Å². The van der Waals surface area contributed by atoms with Gasteiger partial charge in [0.2, 0.25) is 0 Å². The van der Waals surface area contributed by atoms with Gasteiger partial charge in [0.15, 0.2) is 0 Å². The average molecular weight is 254 g/mol. The van der Waals surface area contributed by atoms with Gasteiger partial charge in [-0.25, -0.2) is 4.98 Å². The molecule has 1 aromatic rings. The second kappa shape index (κ2) is 5.83. The number of nitriles is 1. The van der Waals surface area contributed by atoms with Crippen molar-refractivity contribution < 1.29 is 0 Å². The van der Waals surface area contributed by atoms with Gasteiger partial charge in [0, 0.05) is 12.6 Å². The van der Waals surface area contributed by atoms with Crippen LogP contribution in [0, 0.1) is 16.7 Å². The lowest BCUT2D eigenvalue weighted by atomic mass is 9.89. The molecule has 0 spiro atoms. The lowest BCUT2D eigenvalue weighted by Crippen LogP contribution is -2.19. The number of unbranched alkanes of at least 4 members (excludes halogenated alkanes) is 1. The Balaban J connectivity index is 2.42. The summed E-state index contributed by atoms with van der Waals surface area (Å²) in [6.45, 7) is 4.45. The average Bonchev–Trinajstić information content (AvgIpc) is 2.27. The molecule has 0 saturated carbocycles. The molecular formula is C12H16ClN3O. The third-order valence-electron chi connectivity index (χ3n) is 2.60. The summed E-state index contributed by atoms with van der Waals surface area (Å²) in [4.78, 5) is 15.3. The highest BCUT2D eigenvalue weighted by atomic mass is 35.5. The van der Waals surface area contributed by atoms with Gasteiger partial charge in [-0.15, -0.1) is 0 Å². The van der Waals surface area contributed by atoms with Gasteiger partial charge in [-0.05, 0) is 26.7 Å². The topological polar surface area (TPSA) is 58.7 Å². The van der Waals surface area contributed by atoms with Gasteiger partial charge in [-0.3, -0.25) is 9.36 Å². The molecule has 0 aliphatic heterocycles. The molecule has 1 aromatic heterocycles. The Labute approximate surface area is 106 Å². The monoisotopic (exact) mass is 253 g/mol. The molecule has 0 radical (unpaired) electrons. The van der Waals surface area contributed by atoms with E-state index in [0.717, 1.165) is 19.3 Å². The summed E-state index contributed by atoms with van der Waals surface area (Å²) in [5.41, 5.74) is -0.423. The number of rotatable bonds is 5. The Morgan fingerprint density at radius 1 is 1.53 bits per heavy atom. The minimum absolute atomic E-state index is 0.135. The molecule has 0 bridgehead atoms. The first-order chi connectivity index (χ1) is 7.94. The molecule has 0 aliphatic rings. The normalized spacial score (nSPS) is 11.2. The van der Waals surface area contributed by atoms with Crippen LogP contribution in [-0.2, 0) is 6.54 Å². The summed E-state index contributed by atoms with van der Waals surface area (Å²) < 4.78 is 1.53. The molecule has 0 fully saturated rings. The van der Waals surface area contributed by atoms with E-state index in [2.05, 4.69) is 11.1 Å². The second-order valence-electron chi connectivity index (χ2n) is 4.70. The van der Waals surface area contributed by atoms with Gasteiger partial charge in [0.1, 0.15) is 5.15 Å². The van der Waals surface area contributed by atoms with Crippen LogP contribution in [0.4, 0.5) is 0 Å². The van der Waals surface area contributed by atoms with Crippen molar-refractivity contribution in [2.75, 3.05) is 0 Å². The minimum atomic E-state index is -0.288. The summed E-state index contributed by atoms with van der Waals surface area (Å²) in [6.07, 6.45) is 4.06. The summed E-state index contributed by atoms with van der Waals surface area (Å²) >= 11 is 5.60. The SMILES string of the molecule is CC(C)(C#N)CCCCn1cnc(Cl)cc1=O. The number of hydrogen-bond acceptors (Lipinski definition) is 3. The summed E-state index contributed by atoms with van der Waals surface area (Å²) in [6, 6.07) is 3.57. The Morgan fingerprint density at radius 2 is 2.24 bits per heavy atom. The van der Waals surface area contributed by atoms with Gasteiger partial charge in [-0.2, -0.15) is 5.26 Å². The zero-order valence-electron chi connectivity index (χ0n) is 10.1. The van der Waals surface area contributed by atoms with Crippen molar-refractivity contribution in [3.63, 3.8) is 0 Å². The van der Waals surface area contributed by atoms with E-state index in [-0.39, 0.29) is 16.1 Å². The van der Waals surface area contributed by atoms with E-state index < -0.39 is 0 Å². The molecule has 0 unspecified atom stereocenters. The predicted octanol–water partition coefficient (Wildman–Crippen LogP) is 2.62. The van der Waals surface area contributed by atoms with Crippen LogP contribution in [0.1, 0.15) is 33.1 Å². The molecule has 1 heterocycles. The summed E-state index contributed by atoms with van der Waals surface area (Å²) in [5, 5.41) is 9.07. The lowest BCUT2D eigenvalue weighted by molar-refractivity contribution is 0.415. The maximum Gasteiger partial charge on any atom is 0.254 e. The van der Waals surface area contributed by atoms with E-state index >= 15 is 0 Å². The van der Waals surface area contributed by atoms with Crippen molar-refractivity contribution in [1.29, 1.82) is 5.26 Å². The first-order valence-electron chi connectivity index (χ1n) is 5.58. The molecule has 17 heavy (non-hydrogen) atoms. The standard InChI is InChI=1S/C12H16ClN3O/c1-12(2,8-14)5-3-4-6-16-9-15-10(13)7-11(16)17/h7,9H,3-6H2,1-2H3. The van der Waals surface area contributed by atoms with Crippen LogP contribution in [0.25, 0.3) is 0 Å². The van der Waals surface area contributed by atoms with Crippen molar-refractivity contribution in [2.24, 2.45) is 5.41 Å². The fourth-order valence-corrected chi connectivity index (χ4v) is 1.61.